The lowest BCUT2D eigenvalue weighted by Crippen LogP contribution is -2.37. The zero-order valence-electron chi connectivity index (χ0n) is 21.5. The molecule has 0 aromatic heterocycles. The predicted octanol–water partition coefficient (Wildman–Crippen LogP) is 7.08. The van der Waals surface area contributed by atoms with Gasteiger partial charge in [0.25, 0.3) is 0 Å². The van der Waals surface area contributed by atoms with Gasteiger partial charge in [-0.3, -0.25) is 0 Å². The molecule has 0 unspecified atom stereocenters. The van der Waals surface area contributed by atoms with Crippen LogP contribution in [0.25, 0.3) is 10.8 Å². The van der Waals surface area contributed by atoms with Crippen LogP contribution in [0, 0.1) is 17.5 Å². The van der Waals surface area contributed by atoms with Gasteiger partial charge in [0.15, 0.2) is 30.3 Å². The Labute approximate surface area is 222 Å². The van der Waals surface area contributed by atoms with Crippen LogP contribution in [0.2, 0.25) is 0 Å². The van der Waals surface area contributed by atoms with Gasteiger partial charge in [0.05, 0.1) is 13.2 Å². The second-order valence-corrected chi connectivity index (χ2v) is 9.51. The standard InChI is InChI=1S/C29H30F6O4/c1-2-11-36-22-15-37-26(38-16-22)10-5-18-4-9-23-21(12-18)8-7-20(27(23)32)6-3-19-13-24(30)28(25(31)14-19)39-17-29(33,34)35/h4,7-9,12-14,22,26H,2-3,5-6,10-11,15-17H2,1H3. The van der Waals surface area contributed by atoms with Crippen LogP contribution in [0.15, 0.2) is 42.5 Å². The van der Waals surface area contributed by atoms with Crippen molar-refractivity contribution in [3.8, 4) is 5.75 Å². The van der Waals surface area contributed by atoms with Crippen LogP contribution >= 0.6 is 0 Å². The number of rotatable bonds is 11. The Hall–Kier alpha value is -2.82. The fraction of sp³-hybridized carbons (Fsp3) is 0.448. The third-order valence-electron chi connectivity index (χ3n) is 6.38. The molecule has 1 aliphatic rings. The zero-order valence-corrected chi connectivity index (χ0v) is 21.5. The van der Waals surface area contributed by atoms with Crippen molar-refractivity contribution in [3.63, 3.8) is 0 Å². The topological polar surface area (TPSA) is 36.9 Å². The molecule has 4 nitrogen and oxygen atoms in total. The summed E-state index contributed by atoms with van der Waals surface area (Å²) in [5.41, 5.74) is 1.54. The quantitative estimate of drug-likeness (QED) is 0.237. The van der Waals surface area contributed by atoms with Crippen molar-refractivity contribution in [3.05, 3.63) is 76.6 Å². The summed E-state index contributed by atoms with van der Waals surface area (Å²) in [5, 5.41) is 1.14. The summed E-state index contributed by atoms with van der Waals surface area (Å²) in [5.74, 6) is -4.00. The first-order chi connectivity index (χ1) is 18.6. The Kier molecular flexibility index (Phi) is 9.74. The summed E-state index contributed by atoms with van der Waals surface area (Å²) >= 11 is 0. The number of halogens is 6. The van der Waals surface area contributed by atoms with Crippen molar-refractivity contribution in [2.24, 2.45) is 0 Å². The number of benzene rings is 3. The lowest BCUT2D eigenvalue weighted by atomic mass is 9.98. The average molecular weight is 557 g/mol. The first kappa shape index (κ1) is 29.2. The van der Waals surface area contributed by atoms with Crippen LogP contribution in [-0.4, -0.2) is 45.0 Å². The second-order valence-electron chi connectivity index (χ2n) is 9.51. The summed E-state index contributed by atoms with van der Waals surface area (Å²) in [6.07, 6.45) is -2.59. The number of aryl methyl sites for hydroxylation is 3. The Morgan fingerprint density at radius 1 is 0.872 bits per heavy atom. The van der Waals surface area contributed by atoms with Gasteiger partial charge in [0.2, 0.25) is 0 Å². The highest BCUT2D eigenvalue weighted by atomic mass is 19.4. The van der Waals surface area contributed by atoms with Crippen molar-refractivity contribution in [2.75, 3.05) is 26.4 Å². The normalized spacial score (nSPS) is 18.0. The molecule has 0 amide bonds. The molecule has 0 saturated carbocycles. The molecule has 0 bridgehead atoms. The van der Waals surface area contributed by atoms with Crippen molar-refractivity contribution < 1.29 is 45.3 Å². The molecule has 0 spiro atoms. The number of hydrogen-bond donors (Lipinski definition) is 0. The molecule has 1 fully saturated rings. The van der Waals surface area contributed by atoms with Crippen LogP contribution in [-0.2, 0) is 33.5 Å². The lowest BCUT2D eigenvalue weighted by Gasteiger charge is -2.29. The van der Waals surface area contributed by atoms with Gasteiger partial charge in [-0.1, -0.05) is 37.3 Å². The van der Waals surface area contributed by atoms with Gasteiger partial charge in [0, 0.05) is 18.4 Å². The van der Waals surface area contributed by atoms with Crippen LogP contribution in [0.4, 0.5) is 26.3 Å². The fourth-order valence-corrected chi connectivity index (χ4v) is 4.42. The van der Waals surface area contributed by atoms with Crippen molar-refractivity contribution in [1.82, 2.24) is 0 Å². The maximum absolute atomic E-state index is 15.2. The molecule has 3 aromatic carbocycles. The maximum Gasteiger partial charge on any atom is 0.422 e. The Morgan fingerprint density at radius 2 is 1.59 bits per heavy atom. The molecule has 0 N–H and O–H groups in total. The number of hydrogen-bond acceptors (Lipinski definition) is 4. The van der Waals surface area contributed by atoms with Crippen molar-refractivity contribution in [2.45, 2.75) is 57.6 Å². The van der Waals surface area contributed by atoms with E-state index in [0.717, 1.165) is 29.5 Å². The van der Waals surface area contributed by atoms with Crippen LogP contribution < -0.4 is 4.74 Å². The van der Waals surface area contributed by atoms with Crippen LogP contribution in [0.3, 0.4) is 0 Å². The van der Waals surface area contributed by atoms with Gasteiger partial charge in [-0.25, -0.2) is 13.2 Å². The van der Waals surface area contributed by atoms with Gasteiger partial charge >= 0.3 is 6.18 Å². The van der Waals surface area contributed by atoms with E-state index in [2.05, 4.69) is 4.74 Å². The van der Waals surface area contributed by atoms with E-state index < -0.39 is 36.0 Å². The van der Waals surface area contributed by atoms with E-state index in [-0.39, 0.29) is 30.8 Å². The van der Waals surface area contributed by atoms with Gasteiger partial charge in [-0.2, -0.15) is 13.2 Å². The second kappa shape index (κ2) is 13.0. The predicted molar refractivity (Wildman–Crippen MR) is 133 cm³/mol. The van der Waals surface area contributed by atoms with Crippen LogP contribution in [0.1, 0.15) is 36.5 Å². The molecule has 0 aliphatic carbocycles. The number of fused-ring (bicyclic) bond motifs is 1. The fourth-order valence-electron chi connectivity index (χ4n) is 4.42. The van der Waals surface area contributed by atoms with E-state index in [0.29, 0.717) is 43.6 Å². The maximum atomic E-state index is 15.2. The van der Waals surface area contributed by atoms with Crippen molar-refractivity contribution in [1.29, 1.82) is 0 Å². The van der Waals surface area contributed by atoms with E-state index >= 15 is 4.39 Å². The third kappa shape index (κ3) is 8.09. The number of alkyl halides is 3. The Bertz CT molecular complexity index is 1230. The smallest absolute Gasteiger partial charge is 0.422 e. The van der Waals surface area contributed by atoms with E-state index in [1.807, 2.05) is 19.1 Å². The summed E-state index contributed by atoms with van der Waals surface area (Å²) in [6, 6.07) is 10.7. The summed E-state index contributed by atoms with van der Waals surface area (Å²) in [6.45, 7) is 1.89. The van der Waals surface area contributed by atoms with Gasteiger partial charge in [0.1, 0.15) is 11.9 Å². The Balaban J connectivity index is 1.34. The molecule has 0 atom stereocenters. The molecule has 0 radical (unpaired) electrons. The number of ether oxygens (including phenoxy) is 4. The van der Waals surface area contributed by atoms with Crippen LogP contribution in [0.5, 0.6) is 5.75 Å². The Morgan fingerprint density at radius 3 is 2.26 bits per heavy atom. The summed E-state index contributed by atoms with van der Waals surface area (Å²) in [7, 11) is 0. The van der Waals surface area contributed by atoms with Gasteiger partial charge < -0.3 is 18.9 Å². The zero-order chi connectivity index (χ0) is 28.0. The molecule has 39 heavy (non-hydrogen) atoms. The molecule has 1 heterocycles. The lowest BCUT2D eigenvalue weighted by molar-refractivity contribution is -0.227. The molecule has 10 heteroatoms. The third-order valence-corrected chi connectivity index (χ3v) is 6.38. The minimum atomic E-state index is -4.72. The average Bonchev–Trinajstić information content (AvgIpc) is 2.90. The SMILES string of the molecule is CCCOC1COC(CCc2ccc3c(F)c(CCc4cc(F)c(OCC(F)(F)F)c(F)c4)ccc3c2)OC1. The molecule has 4 rings (SSSR count). The van der Waals surface area contributed by atoms with E-state index in [4.69, 9.17) is 14.2 Å². The monoisotopic (exact) mass is 556 g/mol. The molecular weight excluding hydrogens is 526 g/mol. The highest BCUT2D eigenvalue weighted by Crippen LogP contribution is 2.28. The van der Waals surface area contributed by atoms with Crippen molar-refractivity contribution >= 4 is 10.8 Å². The summed E-state index contributed by atoms with van der Waals surface area (Å²) < 4.78 is 102. The van der Waals surface area contributed by atoms with E-state index in [9.17, 15) is 22.0 Å². The van der Waals surface area contributed by atoms with E-state index in [1.165, 1.54) is 0 Å². The van der Waals surface area contributed by atoms with Gasteiger partial charge in [-0.05, 0) is 59.9 Å². The first-order valence-corrected chi connectivity index (χ1v) is 12.8. The van der Waals surface area contributed by atoms with E-state index in [1.54, 1.807) is 18.2 Å². The first-order valence-electron chi connectivity index (χ1n) is 12.8. The van der Waals surface area contributed by atoms with Gasteiger partial charge in [-0.15, -0.1) is 0 Å². The minimum absolute atomic E-state index is 0.0475. The molecule has 3 aromatic rings. The highest BCUT2D eigenvalue weighted by molar-refractivity contribution is 5.84. The molecular formula is C29H30F6O4. The molecule has 1 aliphatic heterocycles. The highest BCUT2D eigenvalue weighted by Gasteiger charge is 2.30. The molecule has 1 saturated heterocycles. The largest absolute Gasteiger partial charge is 0.478 e. The minimum Gasteiger partial charge on any atom is -0.478 e. The summed E-state index contributed by atoms with van der Waals surface area (Å²) in [4.78, 5) is 0. The molecule has 212 valence electrons.